The molecule has 3 rings (SSSR count). The van der Waals surface area contributed by atoms with Crippen molar-refractivity contribution in [2.45, 2.75) is 12.3 Å². The highest BCUT2D eigenvalue weighted by atomic mass is 32.2. The minimum atomic E-state index is -0.171. The van der Waals surface area contributed by atoms with E-state index in [9.17, 15) is 4.79 Å². The van der Waals surface area contributed by atoms with Gasteiger partial charge < -0.3 is 4.90 Å². The molecular weight excluding hydrogens is 220 g/mol. The van der Waals surface area contributed by atoms with Gasteiger partial charge in [-0.3, -0.25) is 4.79 Å². The summed E-state index contributed by atoms with van der Waals surface area (Å²) in [4.78, 5) is 17.6. The van der Waals surface area contributed by atoms with E-state index in [1.165, 1.54) is 11.8 Å². The van der Waals surface area contributed by atoms with E-state index >= 15 is 0 Å². The van der Waals surface area contributed by atoms with Crippen LogP contribution < -0.4 is 0 Å². The van der Waals surface area contributed by atoms with Crippen LogP contribution in [0.4, 0.5) is 0 Å². The summed E-state index contributed by atoms with van der Waals surface area (Å²) in [7, 11) is 0. The van der Waals surface area contributed by atoms with Crippen molar-refractivity contribution < 1.29 is 4.79 Å². The van der Waals surface area contributed by atoms with Gasteiger partial charge in [-0.05, 0) is 17.9 Å². The van der Waals surface area contributed by atoms with Crippen molar-refractivity contribution in [3.8, 4) is 0 Å². The van der Waals surface area contributed by atoms with Crippen molar-refractivity contribution in [1.29, 1.82) is 0 Å². The minimum Gasteiger partial charge on any atom is -0.307 e. The number of rotatable bonds is 1. The Bertz CT molecular complexity index is 507. The van der Waals surface area contributed by atoms with Crippen molar-refractivity contribution >= 4 is 29.2 Å². The molecule has 0 spiro atoms. The van der Waals surface area contributed by atoms with Gasteiger partial charge in [-0.15, -0.1) is 0 Å². The van der Waals surface area contributed by atoms with Gasteiger partial charge in [0.05, 0.1) is 5.70 Å². The lowest BCUT2D eigenvalue weighted by molar-refractivity contribution is -0.117. The third-order valence-electron chi connectivity index (χ3n) is 2.70. The second-order valence-corrected chi connectivity index (χ2v) is 4.68. The fourth-order valence-electron chi connectivity index (χ4n) is 1.97. The van der Waals surface area contributed by atoms with Gasteiger partial charge in [0.1, 0.15) is 5.84 Å². The predicted molar refractivity (Wildman–Crippen MR) is 65.8 cm³/mol. The molecule has 0 bridgehead atoms. The quantitative estimate of drug-likeness (QED) is 0.742. The van der Waals surface area contributed by atoms with Gasteiger partial charge >= 0.3 is 0 Å². The van der Waals surface area contributed by atoms with Gasteiger partial charge in [0.15, 0.2) is 5.37 Å². The Morgan fingerprint density at radius 1 is 1.31 bits per heavy atom. The summed E-state index contributed by atoms with van der Waals surface area (Å²) in [5.74, 6) is 0.736. The number of nitrogens with zero attached hydrogens (tertiary/aromatic N) is 2. The number of thioether (sulfide) groups is 1. The Morgan fingerprint density at radius 2 is 2.06 bits per heavy atom. The molecule has 2 heterocycles. The van der Waals surface area contributed by atoms with Crippen LogP contribution in [0, 0.1) is 0 Å². The molecule has 1 aromatic carbocycles. The van der Waals surface area contributed by atoms with Crippen LogP contribution in [0.15, 0.2) is 40.7 Å². The first kappa shape index (κ1) is 9.66. The Balaban J connectivity index is 2.01. The highest BCUT2D eigenvalue weighted by molar-refractivity contribution is 8.03. The maximum atomic E-state index is 11.6. The van der Waals surface area contributed by atoms with Crippen LogP contribution in [-0.2, 0) is 4.79 Å². The van der Waals surface area contributed by atoms with Crippen LogP contribution in [0.5, 0.6) is 0 Å². The van der Waals surface area contributed by atoms with Gasteiger partial charge in [0.25, 0.3) is 5.91 Å². The van der Waals surface area contributed by atoms with Gasteiger partial charge in [0, 0.05) is 0 Å². The Hall–Kier alpha value is -1.55. The van der Waals surface area contributed by atoms with E-state index in [1.54, 1.807) is 0 Å². The van der Waals surface area contributed by atoms with Crippen LogP contribution >= 0.6 is 11.8 Å². The molecule has 2 aliphatic heterocycles. The number of hydrogen-bond acceptors (Lipinski definition) is 3. The van der Waals surface area contributed by atoms with E-state index in [-0.39, 0.29) is 11.3 Å². The number of amidine groups is 1. The minimum absolute atomic E-state index is 0.0512. The van der Waals surface area contributed by atoms with Gasteiger partial charge in [-0.1, -0.05) is 42.1 Å². The Morgan fingerprint density at radius 3 is 2.81 bits per heavy atom. The molecule has 1 atom stereocenters. The second-order valence-electron chi connectivity index (χ2n) is 3.72. The number of fused-ring (bicyclic) bond motifs is 1. The molecule has 0 radical (unpaired) electrons. The fourth-order valence-corrected chi connectivity index (χ4v) is 3.03. The van der Waals surface area contributed by atoms with E-state index < -0.39 is 0 Å². The molecule has 0 fully saturated rings. The molecule has 0 N–H and O–H groups in total. The SMILES string of the molecule is CC1=NC(=O)C2SC=C(c3ccccc3)N12. The predicted octanol–water partition coefficient (Wildman–Crippen LogP) is 2.32. The highest BCUT2D eigenvalue weighted by Crippen LogP contribution is 2.40. The first-order valence-electron chi connectivity index (χ1n) is 5.07. The van der Waals surface area contributed by atoms with Gasteiger partial charge in [0.2, 0.25) is 0 Å². The lowest BCUT2D eigenvalue weighted by atomic mass is 10.1. The molecule has 1 amide bonds. The highest BCUT2D eigenvalue weighted by Gasteiger charge is 2.39. The summed E-state index contributed by atoms with van der Waals surface area (Å²) < 4.78 is 0. The first-order valence-corrected chi connectivity index (χ1v) is 6.01. The smallest absolute Gasteiger partial charge is 0.281 e. The largest absolute Gasteiger partial charge is 0.307 e. The average Bonchev–Trinajstić information content (AvgIpc) is 2.84. The summed E-state index contributed by atoms with van der Waals surface area (Å²) in [6, 6.07) is 10.1. The monoisotopic (exact) mass is 230 g/mol. The van der Waals surface area contributed by atoms with Gasteiger partial charge in [-0.2, -0.15) is 4.99 Å². The molecule has 16 heavy (non-hydrogen) atoms. The summed E-state index contributed by atoms with van der Waals surface area (Å²) in [6.45, 7) is 1.88. The number of benzene rings is 1. The topological polar surface area (TPSA) is 32.7 Å². The maximum absolute atomic E-state index is 11.6. The molecule has 1 unspecified atom stereocenters. The van der Waals surface area contributed by atoms with Crippen molar-refractivity contribution in [2.75, 3.05) is 0 Å². The molecule has 4 heteroatoms. The molecule has 3 nitrogen and oxygen atoms in total. The lowest BCUT2D eigenvalue weighted by Crippen LogP contribution is -2.29. The van der Waals surface area contributed by atoms with E-state index in [4.69, 9.17) is 0 Å². The van der Waals surface area contributed by atoms with E-state index in [2.05, 4.69) is 4.99 Å². The number of hydrogen-bond donors (Lipinski definition) is 0. The number of aliphatic imine (C=N–C) groups is 1. The van der Waals surface area contributed by atoms with E-state index in [0.717, 1.165) is 17.1 Å². The fraction of sp³-hybridized carbons (Fsp3) is 0.167. The Labute approximate surface area is 97.9 Å². The molecule has 0 aromatic heterocycles. The third kappa shape index (κ3) is 1.30. The molecule has 0 saturated carbocycles. The number of carbonyl (C=O) groups excluding carboxylic acids is 1. The van der Waals surface area contributed by atoms with Crippen LogP contribution in [0.3, 0.4) is 0 Å². The van der Waals surface area contributed by atoms with Crippen LogP contribution in [-0.4, -0.2) is 22.0 Å². The van der Waals surface area contributed by atoms with Crippen LogP contribution in [0.1, 0.15) is 12.5 Å². The first-order chi connectivity index (χ1) is 7.77. The third-order valence-corrected chi connectivity index (χ3v) is 3.73. The van der Waals surface area contributed by atoms with Crippen molar-refractivity contribution in [2.24, 2.45) is 4.99 Å². The number of amides is 1. The number of carbonyl (C=O) groups is 1. The zero-order valence-electron chi connectivity index (χ0n) is 8.75. The summed E-state index contributed by atoms with van der Waals surface area (Å²) in [5, 5.41) is 1.87. The van der Waals surface area contributed by atoms with Crippen molar-refractivity contribution in [3.05, 3.63) is 41.3 Å². The van der Waals surface area contributed by atoms with Crippen molar-refractivity contribution in [3.63, 3.8) is 0 Å². The Kier molecular flexibility index (Phi) is 2.11. The zero-order valence-corrected chi connectivity index (χ0v) is 9.57. The van der Waals surface area contributed by atoms with E-state index in [1.807, 2.05) is 47.6 Å². The standard InChI is InChI=1S/C12H10N2OS/c1-8-13-11(15)12-14(8)10(7-16-12)9-5-3-2-4-6-9/h2-7,12H,1H3. The molecule has 0 saturated heterocycles. The van der Waals surface area contributed by atoms with Crippen molar-refractivity contribution in [1.82, 2.24) is 4.90 Å². The van der Waals surface area contributed by atoms with Crippen LogP contribution in [0.25, 0.3) is 5.70 Å². The second kappa shape index (κ2) is 3.49. The summed E-state index contributed by atoms with van der Waals surface area (Å²) in [5.41, 5.74) is 2.20. The van der Waals surface area contributed by atoms with Crippen LogP contribution in [0.2, 0.25) is 0 Å². The van der Waals surface area contributed by atoms with E-state index in [0.29, 0.717) is 0 Å². The molecule has 1 aromatic rings. The average molecular weight is 230 g/mol. The maximum Gasteiger partial charge on any atom is 0.281 e. The summed E-state index contributed by atoms with van der Waals surface area (Å²) >= 11 is 1.53. The summed E-state index contributed by atoms with van der Waals surface area (Å²) in [6.07, 6.45) is 0. The van der Waals surface area contributed by atoms with Gasteiger partial charge in [-0.25, -0.2) is 0 Å². The molecule has 80 valence electrons. The molecule has 2 aliphatic rings. The zero-order chi connectivity index (χ0) is 11.1. The normalized spacial score (nSPS) is 23.2. The molecular formula is C12H10N2OS. The lowest BCUT2D eigenvalue weighted by Gasteiger charge is -2.20. The molecule has 0 aliphatic carbocycles.